The van der Waals surface area contributed by atoms with E-state index in [0.29, 0.717) is 53.5 Å². The molecule has 5 rings (SSSR count). The normalized spacial score (nSPS) is 14.8. The number of hydroxylamine groups is 2. The predicted octanol–water partition coefficient (Wildman–Crippen LogP) is 5.97. The molecule has 0 aliphatic carbocycles. The number of sulfonamides is 1. The Bertz CT molecular complexity index is 1820. The van der Waals surface area contributed by atoms with Crippen molar-refractivity contribution in [2.24, 2.45) is 5.41 Å². The van der Waals surface area contributed by atoms with Crippen molar-refractivity contribution in [3.05, 3.63) is 84.6 Å². The molecule has 2 aromatic heterocycles. The molecule has 0 radical (unpaired) electrons. The van der Waals surface area contributed by atoms with E-state index in [1.54, 1.807) is 61.2 Å². The van der Waals surface area contributed by atoms with E-state index in [1.165, 1.54) is 25.3 Å². The fourth-order valence-corrected chi connectivity index (χ4v) is 6.50. The lowest BCUT2D eigenvalue weighted by molar-refractivity contribution is -0.205. The molecule has 0 unspecified atom stereocenters. The van der Waals surface area contributed by atoms with Crippen LogP contribution in [0.15, 0.2) is 72.0 Å². The molecule has 4 aromatic rings. The quantitative estimate of drug-likeness (QED) is 0.203. The lowest BCUT2D eigenvalue weighted by Crippen LogP contribution is -2.39. The van der Waals surface area contributed by atoms with Crippen LogP contribution in [0.3, 0.4) is 0 Å². The number of methoxy groups -OCH3 is 1. The zero-order valence-corrected chi connectivity index (χ0v) is 26.6. The number of ether oxygens (including phenoxy) is 1. The molecule has 0 saturated carbocycles. The minimum Gasteiger partial charge on any atom is -0.367 e. The highest BCUT2D eigenvalue weighted by molar-refractivity contribution is 7.92. The van der Waals surface area contributed by atoms with Crippen LogP contribution < -0.4 is 4.31 Å². The number of aromatic nitrogens is 3. The molecular formula is C32H34F3N5O5S. The molecule has 10 nitrogen and oxygen atoms in total. The van der Waals surface area contributed by atoms with Crippen LogP contribution in [0.4, 0.5) is 18.9 Å². The first-order valence-corrected chi connectivity index (χ1v) is 16.0. The van der Waals surface area contributed by atoms with Crippen molar-refractivity contribution in [2.75, 3.05) is 31.2 Å². The second-order valence-corrected chi connectivity index (χ2v) is 13.7. The Morgan fingerprint density at radius 1 is 1.02 bits per heavy atom. The van der Waals surface area contributed by atoms with Crippen LogP contribution in [-0.2, 0) is 24.4 Å². The molecule has 14 heteroatoms. The van der Waals surface area contributed by atoms with Crippen LogP contribution in [0.2, 0.25) is 0 Å². The monoisotopic (exact) mass is 657 g/mol. The summed E-state index contributed by atoms with van der Waals surface area (Å²) in [7, 11) is -3.61. The highest BCUT2D eigenvalue weighted by Crippen LogP contribution is 2.38. The number of anilines is 1. The van der Waals surface area contributed by atoms with Gasteiger partial charge in [0.05, 0.1) is 17.1 Å². The summed E-state index contributed by atoms with van der Waals surface area (Å²) in [5.41, 5.74) is 0.398. The van der Waals surface area contributed by atoms with E-state index >= 15 is 4.39 Å². The van der Waals surface area contributed by atoms with Crippen molar-refractivity contribution in [1.82, 2.24) is 19.8 Å². The van der Waals surface area contributed by atoms with Gasteiger partial charge in [0.2, 0.25) is 0 Å². The van der Waals surface area contributed by atoms with Crippen molar-refractivity contribution in [1.29, 1.82) is 0 Å². The maximum absolute atomic E-state index is 16.5. The Labute approximate surface area is 265 Å². The van der Waals surface area contributed by atoms with Crippen LogP contribution >= 0.6 is 0 Å². The number of nitrogens with zero attached hydrogens (tertiary/aromatic N) is 5. The Morgan fingerprint density at radius 3 is 2.37 bits per heavy atom. The Morgan fingerprint density at radius 2 is 1.72 bits per heavy atom. The van der Waals surface area contributed by atoms with Gasteiger partial charge in [-0.3, -0.25) is 9.67 Å². The van der Waals surface area contributed by atoms with Crippen LogP contribution in [0.5, 0.6) is 0 Å². The number of hydrogen-bond donors (Lipinski definition) is 0. The van der Waals surface area contributed by atoms with Gasteiger partial charge in [0.15, 0.2) is 5.82 Å². The van der Waals surface area contributed by atoms with E-state index in [1.807, 2.05) is 0 Å². The van der Waals surface area contributed by atoms with Crippen LogP contribution in [0, 0.1) is 22.9 Å². The number of carbonyl (C=O) groups excluding carboxylic acids is 1. The lowest BCUT2D eigenvalue weighted by Gasteiger charge is -2.32. The first-order chi connectivity index (χ1) is 21.8. The molecule has 1 aliphatic rings. The van der Waals surface area contributed by atoms with Crippen LogP contribution in [-0.4, -0.2) is 61.1 Å². The van der Waals surface area contributed by atoms with Crippen LogP contribution in [0.25, 0.3) is 22.4 Å². The van der Waals surface area contributed by atoms with Gasteiger partial charge in [-0.05, 0) is 81.6 Å². The van der Waals surface area contributed by atoms with Crippen molar-refractivity contribution >= 4 is 21.7 Å². The molecule has 0 bridgehead atoms. The molecule has 1 saturated heterocycles. The van der Waals surface area contributed by atoms with Gasteiger partial charge in [-0.15, -0.1) is 5.06 Å². The van der Waals surface area contributed by atoms with Crippen molar-refractivity contribution in [3.8, 4) is 22.4 Å². The number of hydrogen-bond acceptors (Lipinski definition) is 8. The van der Waals surface area contributed by atoms with E-state index in [0.717, 1.165) is 6.07 Å². The van der Waals surface area contributed by atoms with Crippen molar-refractivity contribution < 1.29 is 36.0 Å². The topological polar surface area (TPSA) is 107 Å². The molecule has 0 atom stereocenters. The molecular weight excluding hydrogens is 623 g/mol. The highest BCUT2D eigenvalue weighted by atomic mass is 32.2. The fourth-order valence-electron chi connectivity index (χ4n) is 5.05. The third-order valence-electron chi connectivity index (χ3n) is 7.56. The third kappa shape index (κ3) is 6.78. The number of rotatable bonds is 9. The molecule has 3 heterocycles. The first-order valence-electron chi connectivity index (χ1n) is 14.5. The van der Waals surface area contributed by atoms with Gasteiger partial charge in [0, 0.05) is 49.9 Å². The van der Waals surface area contributed by atoms with E-state index in [4.69, 9.17) is 14.7 Å². The van der Waals surface area contributed by atoms with E-state index in [2.05, 4.69) is 4.98 Å². The van der Waals surface area contributed by atoms with Gasteiger partial charge in [0.1, 0.15) is 29.0 Å². The molecule has 0 N–H and O–H groups in total. The Hall–Kier alpha value is -4.27. The molecule has 244 valence electrons. The van der Waals surface area contributed by atoms with Gasteiger partial charge in [0.25, 0.3) is 10.0 Å². The number of benzene rings is 2. The third-order valence-corrected chi connectivity index (χ3v) is 9.31. The molecule has 0 amide bonds. The molecule has 1 fully saturated rings. The summed E-state index contributed by atoms with van der Waals surface area (Å²) in [5.74, 6) is -3.45. The molecule has 46 heavy (non-hydrogen) atoms. The number of halogens is 3. The largest absolute Gasteiger partial charge is 0.367 e. The number of pyridine rings is 1. The summed E-state index contributed by atoms with van der Waals surface area (Å²) in [6.45, 7) is 5.61. The Balaban J connectivity index is 1.53. The zero-order chi connectivity index (χ0) is 33.2. The SMILES string of the molecule is COCN(c1cccc(-c2nn(C3CCN(OC(=O)C(C)(C)C)CC3)cc2-c2ccncc2)c1F)S(=O)(=O)c1cc(F)ccc1F. The standard InChI is InChI=1S/C32H34F3N5O5S/c1-32(2,3)31(41)45-38-16-12-23(13-17-38)39-19-25(21-10-14-36-15-11-21)30(37-39)24-6-5-7-27(29(24)35)40(20-44-4)46(42,43)28-18-22(33)8-9-26(28)34/h5-11,14-15,18-19,23H,12-13,16-17,20H2,1-4H3. The van der Waals surface area contributed by atoms with Gasteiger partial charge in [-0.25, -0.2) is 30.7 Å². The van der Waals surface area contributed by atoms with E-state index in [9.17, 15) is 22.0 Å². The minimum absolute atomic E-state index is 0.0179. The minimum atomic E-state index is -4.81. The number of piperidine rings is 1. The second-order valence-electron chi connectivity index (χ2n) is 11.9. The maximum atomic E-state index is 16.5. The van der Waals surface area contributed by atoms with Gasteiger partial charge >= 0.3 is 5.97 Å². The van der Waals surface area contributed by atoms with Crippen molar-refractivity contribution in [2.45, 2.75) is 44.6 Å². The fraction of sp³-hybridized carbons (Fsp3) is 0.344. The zero-order valence-electron chi connectivity index (χ0n) is 25.8. The van der Waals surface area contributed by atoms with Crippen LogP contribution in [0.1, 0.15) is 39.7 Å². The van der Waals surface area contributed by atoms with Gasteiger partial charge < -0.3 is 9.57 Å². The summed E-state index contributed by atoms with van der Waals surface area (Å²) < 4.78 is 79.6. The molecule has 0 spiro atoms. The van der Waals surface area contributed by atoms with Crippen molar-refractivity contribution in [3.63, 3.8) is 0 Å². The summed E-state index contributed by atoms with van der Waals surface area (Å²) >= 11 is 0. The molecule has 1 aliphatic heterocycles. The average Bonchev–Trinajstić information content (AvgIpc) is 3.47. The summed E-state index contributed by atoms with van der Waals surface area (Å²) in [6.07, 6.45) is 6.16. The predicted molar refractivity (Wildman–Crippen MR) is 164 cm³/mol. The summed E-state index contributed by atoms with van der Waals surface area (Å²) in [6, 6.07) is 9.52. The van der Waals surface area contributed by atoms with Gasteiger partial charge in [-0.2, -0.15) is 5.10 Å². The van der Waals surface area contributed by atoms with E-state index < -0.39 is 50.2 Å². The van der Waals surface area contributed by atoms with E-state index in [-0.39, 0.29) is 23.3 Å². The smallest absolute Gasteiger partial charge is 0.330 e. The number of carbonyl (C=O) groups is 1. The average molecular weight is 658 g/mol. The summed E-state index contributed by atoms with van der Waals surface area (Å²) in [5, 5.41) is 6.41. The first kappa shape index (κ1) is 33.1. The molecule has 2 aromatic carbocycles. The van der Waals surface area contributed by atoms with Gasteiger partial charge in [-0.1, -0.05) is 6.07 Å². The highest BCUT2D eigenvalue weighted by Gasteiger charge is 2.33. The maximum Gasteiger partial charge on any atom is 0.330 e. The summed E-state index contributed by atoms with van der Waals surface area (Å²) in [4.78, 5) is 21.0. The second kappa shape index (κ2) is 13.2. The lowest BCUT2D eigenvalue weighted by atomic mass is 9.98. The Kier molecular flexibility index (Phi) is 9.52.